The third-order valence-electron chi connectivity index (χ3n) is 3.17. The maximum absolute atomic E-state index is 13.9. The van der Waals surface area contributed by atoms with E-state index < -0.39 is 23.5 Å². The van der Waals surface area contributed by atoms with E-state index in [1.807, 2.05) is 13.0 Å². The Labute approximate surface area is 126 Å². The molecule has 1 atom stereocenters. The zero-order valence-electron chi connectivity index (χ0n) is 11.5. The monoisotopic (exact) mass is 313 g/mol. The Morgan fingerprint density at radius 2 is 1.76 bits per heavy atom. The van der Waals surface area contributed by atoms with Gasteiger partial charge in [0.2, 0.25) is 0 Å². The Bertz CT molecular complexity index is 608. The molecule has 1 N–H and O–H groups in total. The highest BCUT2D eigenvalue weighted by molar-refractivity contribution is 6.30. The molecule has 2 rings (SSSR count). The van der Waals surface area contributed by atoms with Crippen molar-refractivity contribution in [2.45, 2.75) is 19.4 Å². The summed E-state index contributed by atoms with van der Waals surface area (Å²) in [6.45, 7) is 2.37. The van der Waals surface area contributed by atoms with Crippen LogP contribution in [0.2, 0.25) is 5.02 Å². The fraction of sp³-hybridized carbons (Fsp3) is 0.250. The zero-order valence-corrected chi connectivity index (χ0v) is 12.2. The van der Waals surface area contributed by atoms with Gasteiger partial charge in [-0.1, -0.05) is 30.7 Å². The van der Waals surface area contributed by atoms with Gasteiger partial charge in [-0.25, -0.2) is 13.2 Å². The number of likely N-dealkylation sites (N-methyl/N-ethyl adjacent to an activating group) is 1. The summed E-state index contributed by atoms with van der Waals surface area (Å²) in [5, 5.41) is 3.58. The van der Waals surface area contributed by atoms with Gasteiger partial charge < -0.3 is 5.32 Å². The highest BCUT2D eigenvalue weighted by atomic mass is 35.5. The van der Waals surface area contributed by atoms with Crippen molar-refractivity contribution in [2.24, 2.45) is 0 Å². The molecular formula is C16H15ClF3N. The summed E-state index contributed by atoms with van der Waals surface area (Å²) in [5.74, 6) is -2.70. The van der Waals surface area contributed by atoms with E-state index in [0.29, 0.717) is 30.1 Å². The van der Waals surface area contributed by atoms with Gasteiger partial charge in [0.25, 0.3) is 0 Å². The van der Waals surface area contributed by atoms with E-state index in [0.717, 1.165) is 5.56 Å². The van der Waals surface area contributed by atoms with Crippen LogP contribution in [-0.4, -0.2) is 6.54 Å². The van der Waals surface area contributed by atoms with Crippen molar-refractivity contribution in [3.8, 4) is 0 Å². The first kappa shape index (κ1) is 15.9. The van der Waals surface area contributed by atoms with Crippen molar-refractivity contribution >= 4 is 11.6 Å². The fourth-order valence-electron chi connectivity index (χ4n) is 2.31. The quantitative estimate of drug-likeness (QED) is 0.847. The van der Waals surface area contributed by atoms with Crippen LogP contribution < -0.4 is 5.32 Å². The average Bonchev–Trinajstić information content (AvgIpc) is 2.37. The van der Waals surface area contributed by atoms with Crippen LogP contribution in [0, 0.1) is 17.5 Å². The molecule has 0 amide bonds. The first-order valence-corrected chi connectivity index (χ1v) is 7.01. The van der Waals surface area contributed by atoms with Crippen molar-refractivity contribution in [3.63, 3.8) is 0 Å². The number of hydrogen-bond donors (Lipinski definition) is 1. The van der Waals surface area contributed by atoms with E-state index in [1.165, 1.54) is 0 Å². The van der Waals surface area contributed by atoms with Gasteiger partial charge in [-0.15, -0.1) is 0 Å². The lowest BCUT2D eigenvalue weighted by atomic mass is 9.97. The highest BCUT2D eigenvalue weighted by Crippen LogP contribution is 2.26. The van der Waals surface area contributed by atoms with E-state index in [-0.39, 0.29) is 5.56 Å². The molecule has 0 saturated carbocycles. The van der Waals surface area contributed by atoms with Crippen LogP contribution in [0.15, 0.2) is 36.4 Å². The van der Waals surface area contributed by atoms with Crippen molar-refractivity contribution < 1.29 is 13.2 Å². The second-order valence-electron chi connectivity index (χ2n) is 4.73. The molecule has 1 nitrogen and oxygen atoms in total. The van der Waals surface area contributed by atoms with Crippen LogP contribution in [0.3, 0.4) is 0 Å². The maximum Gasteiger partial charge on any atom is 0.133 e. The molecule has 112 valence electrons. The number of nitrogens with one attached hydrogen (secondary N) is 1. The molecule has 0 aromatic heterocycles. The van der Waals surface area contributed by atoms with Crippen molar-refractivity contribution in [2.75, 3.05) is 6.54 Å². The van der Waals surface area contributed by atoms with Crippen molar-refractivity contribution in [3.05, 3.63) is 70.0 Å². The molecule has 0 aliphatic rings. The minimum absolute atomic E-state index is 0.154. The maximum atomic E-state index is 13.9. The third kappa shape index (κ3) is 3.99. The molecule has 2 aromatic rings. The van der Waals surface area contributed by atoms with Crippen molar-refractivity contribution in [1.82, 2.24) is 5.32 Å². The van der Waals surface area contributed by atoms with Gasteiger partial charge in [-0.05, 0) is 30.7 Å². The summed E-state index contributed by atoms with van der Waals surface area (Å²) in [4.78, 5) is 0. The van der Waals surface area contributed by atoms with E-state index in [2.05, 4.69) is 5.32 Å². The smallest absolute Gasteiger partial charge is 0.133 e. The van der Waals surface area contributed by atoms with Gasteiger partial charge in [-0.2, -0.15) is 0 Å². The van der Waals surface area contributed by atoms with E-state index in [4.69, 9.17) is 11.6 Å². The van der Waals surface area contributed by atoms with Crippen LogP contribution in [0.4, 0.5) is 13.2 Å². The summed E-state index contributed by atoms with van der Waals surface area (Å²) < 4.78 is 40.9. The molecule has 21 heavy (non-hydrogen) atoms. The lowest BCUT2D eigenvalue weighted by molar-refractivity contribution is 0.462. The van der Waals surface area contributed by atoms with Crippen molar-refractivity contribution in [1.29, 1.82) is 0 Å². The van der Waals surface area contributed by atoms with Gasteiger partial charge >= 0.3 is 0 Å². The molecule has 0 aliphatic heterocycles. The lowest BCUT2D eigenvalue weighted by Crippen LogP contribution is -2.25. The largest absolute Gasteiger partial charge is 0.310 e. The minimum Gasteiger partial charge on any atom is -0.310 e. The van der Waals surface area contributed by atoms with Crippen LogP contribution >= 0.6 is 11.6 Å². The summed E-state index contributed by atoms with van der Waals surface area (Å²) in [5.41, 5.74) is 0.690. The Morgan fingerprint density at radius 3 is 2.33 bits per heavy atom. The van der Waals surface area contributed by atoms with Crippen LogP contribution in [0.25, 0.3) is 0 Å². The summed E-state index contributed by atoms with van der Waals surface area (Å²) in [6.07, 6.45) is 0.355. The Hall–Kier alpha value is -1.52. The summed E-state index contributed by atoms with van der Waals surface area (Å²) in [6, 6.07) is 7.88. The van der Waals surface area contributed by atoms with E-state index in [1.54, 1.807) is 18.2 Å². The molecule has 0 spiro atoms. The minimum atomic E-state index is -0.924. The van der Waals surface area contributed by atoms with Gasteiger partial charge in [0.15, 0.2) is 0 Å². The number of rotatable bonds is 5. The second-order valence-corrected chi connectivity index (χ2v) is 5.16. The molecule has 0 radical (unpaired) electrons. The molecule has 2 aromatic carbocycles. The van der Waals surface area contributed by atoms with Gasteiger partial charge in [-0.3, -0.25) is 0 Å². The SMILES string of the molecule is CCNC(Cc1cccc(Cl)c1)c1c(F)cc(F)cc1F. The molecule has 0 saturated heterocycles. The standard InChI is InChI=1S/C16H15ClF3N/c1-2-21-15(7-10-4-3-5-11(17)6-10)16-13(19)8-12(18)9-14(16)20/h3-6,8-9,15,21H,2,7H2,1H3. The average molecular weight is 314 g/mol. The molecule has 1 unspecified atom stereocenters. The Balaban J connectivity index is 2.35. The molecule has 5 heteroatoms. The van der Waals surface area contributed by atoms with Gasteiger partial charge in [0, 0.05) is 28.8 Å². The molecule has 0 heterocycles. The predicted octanol–water partition coefficient (Wildman–Crippen LogP) is 4.65. The number of hydrogen-bond acceptors (Lipinski definition) is 1. The number of halogens is 4. The summed E-state index contributed by atoms with van der Waals surface area (Å²) >= 11 is 5.92. The topological polar surface area (TPSA) is 12.0 Å². The zero-order chi connectivity index (χ0) is 15.4. The fourth-order valence-corrected chi connectivity index (χ4v) is 2.52. The predicted molar refractivity (Wildman–Crippen MR) is 77.9 cm³/mol. The van der Waals surface area contributed by atoms with Gasteiger partial charge in [0.05, 0.1) is 0 Å². The Morgan fingerprint density at radius 1 is 1.10 bits per heavy atom. The van der Waals surface area contributed by atoms with E-state index >= 15 is 0 Å². The first-order chi connectivity index (χ1) is 10.0. The molecule has 0 aliphatic carbocycles. The number of benzene rings is 2. The van der Waals surface area contributed by atoms with E-state index in [9.17, 15) is 13.2 Å². The Kier molecular flexibility index (Phi) is 5.26. The lowest BCUT2D eigenvalue weighted by Gasteiger charge is -2.20. The van der Waals surface area contributed by atoms with Crippen LogP contribution in [0.5, 0.6) is 0 Å². The van der Waals surface area contributed by atoms with Gasteiger partial charge in [0.1, 0.15) is 17.5 Å². The second kappa shape index (κ2) is 6.96. The molecule has 0 fully saturated rings. The van der Waals surface area contributed by atoms with Crippen LogP contribution in [-0.2, 0) is 6.42 Å². The third-order valence-corrected chi connectivity index (χ3v) is 3.41. The first-order valence-electron chi connectivity index (χ1n) is 6.63. The van der Waals surface area contributed by atoms with Crippen LogP contribution in [0.1, 0.15) is 24.1 Å². The highest BCUT2D eigenvalue weighted by Gasteiger charge is 2.21. The molecular weight excluding hydrogens is 299 g/mol. The summed E-state index contributed by atoms with van der Waals surface area (Å²) in [7, 11) is 0. The molecule has 0 bridgehead atoms. The normalized spacial score (nSPS) is 12.4.